The lowest BCUT2D eigenvalue weighted by Gasteiger charge is -2.36. The Morgan fingerprint density at radius 1 is 1.07 bits per heavy atom. The van der Waals surface area contributed by atoms with Gasteiger partial charge in [-0.2, -0.15) is 0 Å². The van der Waals surface area contributed by atoms with Crippen LogP contribution < -0.4 is 10.5 Å². The Kier molecular flexibility index (Phi) is 6.23. The Labute approximate surface area is 176 Å². The lowest BCUT2D eigenvalue weighted by Crippen LogP contribution is -2.39. The number of likely N-dealkylation sites (tertiary alicyclic amines) is 1. The summed E-state index contributed by atoms with van der Waals surface area (Å²) in [7, 11) is 0. The van der Waals surface area contributed by atoms with Crippen LogP contribution in [0.2, 0.25) is 0 Å². The SMILES string of the molecule is Nc1ncc(-c2ccccc2)c(C2CCCCN2C(=O)CCOc2ccccc2)n1. The molecule has 1 aliphatic heterocycles. The summed E-state index contributed by atoms with van der Waals surface area (Å²) >= 11 is 0. The Hall–Kier alpha value is -3.41. The van der Waals surface area contributed by atoms with Gasteiger partial charge < -0.3 is 15.4 Å². The molecule has 154 valence electrons. The Morgan fingerprint density at radius 2 is 1.80 bits per heavy atom. The minimum absolute atomic E-state index is 0.0758. The number of nitrogen functional groups attached to an aromatic ring is 1. The van der Waals surface area contributed by atoms with Crippen molar-refractivity contribution in [1.29, 1.82) is 0 Å². The number of nitrogens with two attached hydrogens (primary N) is 1. The zero-order valence-electron chi connectivity index (χ0n) is 16.9. The number of hydrogen-bond donors (Lipinski definition) is 1. The molecule has 6 heteroatoms. The number of para-hydroxylation sites is 1. The molecule has 2 heterocycles. The van der Waals surface area contributed by atoms with Gasteiger partial charge in [-0.25, -0.2) is 9.97 Å². The Balaban J connectivity index is 1.54. The van der Waals surface area contributed by atoms with Crippen LogP contribution >= 0.6 is 0 Å². The summed E-state index contributed by atoms with van der Waals surface area (Å²) in [5.74, 6) is 1.08. The summed E-state index contributed by atoms with van der Waals surface area (Å²) in [5.41, 5.74) is 8.71. The molecule has 1 atom stereocenters. The maximum atomic E-state index is 13.1. The third-order valence-corrected chi connectivity index (χ3v) is 5.39. The molecule has 30 heavy (non-hydrogen) atoms. The zero-order chi connectivity index (χ0) is 20.8. The van der Waals surface area contributed by atoms with Crippen molar-refractivity contribution in [3.8, 4) is 16.9 Å². The van der Waals surface area contributed by atoms with Crippen molar-refractivity contribution in [2.45, 2.75) is 31.7 Å². The van der Waals surface area contributed by atoms with Crippen LogP contribution in [0.25, 0.3) is 11.1 Å². The van der Waals surface area contributed by atoms with Gasteiger partial charge in [-0.3, -0.25) is 4.79 Å². The number of hydrogen-bond acceptors (Lipinski definition) is 5. The van der Waals surface area contributed by atoms with E-state index in [2.05, 4.69) is 9.97 Å². The fourth-order valence-corrected chi connectivity index (χ4v) is 3.93. The highest BCUT2D eigenvalue weighted by atomic mass is 16.5. The lowest BCUT2D eigenvalue weighted by atomic mass is 9.93. The first-order chi connectivity index (χ1) is 14.7. The molecule has 1 saturated heterocycles. The summed E-state index contributed by atoms with van der Waals surface area (Å²) < 4.78 is 5.73. The first-order valence-electron chi connectivity index (χ1n) is 10.4. The fraction of sp³-hybridized carbons (Fsp3) is 0.292. The maximum absolute atomic E-state index is 13.1. The highest BCUT2D eigenvalue weighted by Crippen LogP contribution is 2.36. The molecule has 1 amide bonds. The van der Waals surface area contributed by atoms with Gasteiger partial charge in [0.1, 0.15) is 5.75 Å². The number of carbonyl (C=O) groups excluding carboxylic acids is 1. The molecule has 0 spiro atoms. The first-order valence-corrected chi connectivity index (χ1v) is 10.4. The van der Waals surface area contributed by atoms with Crippen molar-refractivity contribution in [1.82, 2.24) is 14.9 Å². The van der Waals surface area contributed by atoms with E-state index in [9.17, 15) is 4.79 Å². The van der Waals surface area contributed by atoms with Gasteiger partial charge in [0.15, 0.2) is 0 Å². The second-order valence-corrected chi connectivity index (χ2v) is 7.40. The third kappa shape index (κ3) is 4.59. The topological polar surface area (TPSA) is 81.3 Å². The molecule has 4 rings (SSSR count). The van der Waals surface area contributed by atoms with E-state index < -0.39 is 0 Å². The molecule has 2 N–H and O–H groups in total. The van der Waals surface area contributed by atoms with Crippen LogP contribution in [0.4, 0.5) is 5.95 Å². The monoisotopic (exact) mass is 402 g/mol. The van der Waals surface area contributed by atoms with E-state index in [1.807, 2.05) is 65.6 Å². The van der Waals surface area contributed by atoms with Gasteiger partial charge in [-0.1, -0.05) is 48.5 Å². The Morgan fingerprint density at radius 3 is 2.57 bits per heavy atom. The number of carbonyl (C=O) groups is 1. The maximum Gasteiger partial charge on any atom is 0.226 e. The number of ether oxygens (including phenoxy) is 1. The lowest BCUT2D eigenvalue weighted by molar-refractivity contribution is -0.135. The van der Waals surface area contributed by atoms with E-state index in [4.69, 9.17) is 10.5 Å². The van der Waals surface area contributed by atoms with E-state index in [1.165, 1.54) is 0 Å². The highest BCUT2D eigenvalue weighted by molar-refractivity contribution is 5.77. The highest BCUT2D eigenvalue weighted by Gasteiger charge is 2.31. The van der Waals surface area contributed by atoms with Gasteiger partial charge >= 0.3 is 0 Å². The number of benzene rings is 2. The summed E-state index contributed by atoms with van der Waals surface area (Å²) in [6.45, 7) is 1.07. The summed E-state index contributed by atoms with van der Waals surface area (Å²) in [6.07, 6.45) is 4.99. The fourth-order valence-electron chi connectivity index (χ4n) is 3.93. The minimum atomic E-state index is -0.108. The summed E-state index contributed by atoms with van der Waals surface area (Å²) in [6, 6.07) is 19.5. The van der Waals surface area contributed by atoms with Crippen LogP contribution in [0.5, 0.6) is 5.75 Å². The zero-order valence-corrected chi connectivity index (χ0v) is 16.9. The number of amides is 1. The van der Waals surface area contributed by atoms with Gasteiger partial charge in [-0.05, 0) is 37.0 Å². The van der Waals surface area contributed by atoms with E-state index in [0.717, 1.165) is 41.8 Å². The largest absolute Gasteiger partial charge is 0.493 e. The number of anilines is 1. The summed E-state index contributed by atoms with van der Waals surface area (Å²) in [4.78, 5) is 23.8. The van der Waals surface area contributed by atoms with Gasteiger partial charge in [0.05, 0.1) is 24.8 Å². The van der Waals surface area contributed by atoms with Crippen LogP contribution in [-0.4, -0.2) is 33.9 Å². The standard InChI is InChI=1S/C24H26N4O2/c25-24-26-17-20(18-9-3-1-4-10-18)23(27-24)21-13-7-8-15-28(21)22(29)14-16-30-19-11-5-2-6-12-19/h1-6,9-12,17,21H,7-8,13-16H2,(H2,25,26,27). The first kappa shape index (κ1) is 19.9. The molecule has 0 radical (unpaired) electrons. The van der Waals surface area contributed by atoms with E-state index in [-0.39, 0.29) is 17.9 Å². The number of aromatic nitrogens is 2. The predicted octanol–water partition coefficient (Wildman–Crippen LogP) is 4.25. The van der Waals surface area contributed by atoms with E-state index >= 15 is 0 Å². The Bertz CT molecular complexity index is 979. The molecule has 1 fully saturated rings. The van der Waals surface area contributed by atoms with E-state index in [0.29, 0.717) is 19.6 Å². The molecule has 0 aliphatic carbocycles. The molecular formula is C24H26N4O2. The van der Waals surface area contributed by atoms with Crippen molar-refractivity contribution in [2.24, 2.45) is 0 Å². The molecule has 1 aromatic heterocycles. The van der Waals surface area contributed by atoms with Gasteiger partial charge in [0.25, 0.3) is 0 Å². The van der Waals surface area contributed by atoms with Gasteiger partial charge in [0.2, 0.25) is 11.9 Å². The van der Waals surface area contributed by atoms with E-state index in [1.54, 1.807) is 6.20 Å². The third-order valence-electron chi connectivity index (χ3n) is 5.39. The summed E-state index contributed by atoms with van der Waals surface area (Å²) in [5, 5.41) is 0. The number of nitrogens with zero attached hydrogens (tertiary/aromatic N) is 3. The molecule has 2 aromatic carbocycles. The minimum Gasteiger partial charge on any atom is -0.493 e. The van der Waals surface area contributed by atoms with Crippen molar-refractivity contribution in [3.63, 3.8) is 0 Å². The molecule has 1 aliphatic rings. The van der Waals surface area contributed by atoms with Crippen LogP contribution in [-0.2, 0) is 4.79 Å². The molecule has 1 unspecified atom stereocenters. The molecule has 3 aromatic rings. The molecule has 6 nitrogen and oxygen atoms in total. The van der Waals surface area contributed by atoms with Crippen LogP contribution in [0, 0.1) is 0 Å². The molecule has 0 bridgehead atoms. The second-order valence-electron chi connectivity index (χ2n) is 7.40. The molecular weight excluding hydrogens is 376 g/mol. The average Bonchev–Trinajstić information content (AvgIpc) is 2.80. The smallest absolute Gasteiger partial charge is 0.226 e. The van der Waals surface area contributed by atoms with Gasteiger partial charge in [-0.15, -0.1) is 0 Å². The average molecular weight is 402 g/mol. The van der Waals surface area contributed by atoms with Crippen LogP contribution in [0.15, 0.2) is 66.9 Å². The predicted molar refractivity (Wildman–Crippen MR) is 117 cm³/mol. The number of rotatable bonds is 6. The number of piperidine rings is 1. The second kappa shape index (κ2) is 9.39. The van der Waals surface area contributed by atoms with Gasteiger partial charge in [0, 0.05) is 18.3 Å². The van der Waals surface area contributed by atoms with Crippen molar-refractivity contribution in [2.75, 3.05) is 18.9 Å². The van der Waals surface area contributed by atoms with Crippen LogP contribution in [0.1, 0.15) is 37.4 Å². The van der Waals surface area contributed by atoms with Crippen molar-refractivity contribution in [3.05, 3.63) is 72.6 Å². The quantitative estimate of drug-likeness (QED) is 0.667. The van der Waals surface area contributed by atoms with Crippen molar-refractivity contribution >= 4 is 11.9 Å². The van der Waals surface area contributed by atoms with Crippen molar-refractivity contribution < 1.29 is 9.53 Å². The molecule has 0 saturated carbocycles. The van der Waals surface area contributed by atoms with Crippen LogP contribution in [0.3, 0.4) is 0 Å². The normalized spacial score (nSPS) is 16.3.